The van der Waals surface area contributed by atoms with Crippen LogP contribution in [0.15, 0.2) is 0 Å². The van der Waals surface area contributed by atoms with E-state index < -0.39 is 0 Å². The molecule has 1 atom stereocenters. The summed E-state index contributed by atoms with van der Waals surface area (Å²) in [6, 6.07) is 2.20. The average Bonchev–Trinajstić information content (AvgIpc) is 2.78. The maximum atomic E-state index is 9.09. The minimum Gasteiger partial charge on any atom is -0.384 e. The van der Waals surface area contributed by atoms with Gasteiger partial charge in [0.05, 0.1) is 5.56 Å². The zero-order valence-electron chi connectivity index (χ0n) is 10.8. The van der Waals surface area contributed by atoms with E-state index in [1.165, 1.54) is 6.42 Å². The lowest BCUT2D eigenvalue weighted by Gasteiger charge is -2.15. The predicted molar refractivity (Wildman–Crippen MR) is 68.6 cm³/mol. The average molecular weight is 232 g/mol. The number of nitrogens with two attached hydrogens (primary N) is 1. The summed E-state index contributed by atoms with van der Waals surface area (Å²) in [6.45, 7) is 7.24. The third-order valence-electron chi connectivity index (χ3n) is 3.91. The van der Waals surface area contributed by atoms with Crippen molar-refractivity contribution in [3.63, 3.8) is 0 Å². The van der Waals surface area contributed by atoms with Gasteiger partial charge < -0.3 is 15.2 Å². The van der Waals surface area contributed by atoms with E-state index in [4.69, 9.17) is 11.0 Å². The second kappa shape index (κ2) is 4.42. The van der Waals surface area contributed by atoms with Crippen molar-refractivity contribution in [2.45, 2.75) is 26.8 Å². The van der Waals surface area contributed by atoms with Crippen molar-refractivity contribution >= 4 is 5.82 Å². The van der Waals surface area contributed by atoms with Gasteiger partial charge in [-0.1, -0.05) is 0 Å². The van der Waals surface area contributed by atoms with Crippen molar-refractivity contribution in [1.29, 1.82) is 5.26 Å². The normalized spacial score (nSPS) is 20.7. The fourth-order valence-electron chi connectivity index (χ4n) is 2.70. The number of likely N-dealkylation sites (tertiary alicyclic amines) is 1. The summed E-state index contributed by atoms with van der Waals surface area (Å²) in [5.74, 6) is 1.29. The van der Waals surface area contributed by atoms with E-state index in [1.54, 1.807) is 0 Å². The molecule has 17 heavy (non-hydrogen) atoms. The standard InChI is InChI=1S/C13H20N4/c1-9-10(2)17(13(15)12(9)6-14)8-11-4-5-16(3)7-11/h11H,4-5,7-8,15H2,1-3H3. The van der Waals surface area contributed by atoms with Crippen LogP contribution in [0.4, 0.5) is 5.82 Å². The lowest BCUT2D eigenvalue weighted by atomic mass is 10.1. The van der Waals surface area contributed by atoms with Crippen molar-refractivity contribution in [1.82, 2.24) is 9.47 Å². The van der Waals surface area contributed by atoms with Crippen LogP contribution in [0.5, 0.6) is 0 Å². The molecule has 0 bridgehead atoms. The van der Waals surface area contributed by atoms with Crippen LogP contribution in [-0.4, -0.2) is 29.6 Å². The lowest BCUT2D eigenvalue weighted by Crippen LogP contribution is -2.18. The summed E-state index contributed by atoms with van der Waals surface area (Å²) < 4.78 is 2.11. The molecular formula is C13H20N4. The summed E-state index contributed by atoms with van der Waals surface area (Å²) in [5.41, 5.74) is 8.86. The molecule has 0 amide bonds. The molecule has 1 aromatic rings. The zero-order chi connectivity index (χ0) is 12.6. The summed E-state index contributed by atoms with van der Waals surface area (Å²) in [6.07, 6.45) is 1.22. The highest BCUT2D eigenvalue weighted by Crippen LogP contribution is 2.26. The fourth-order valence-corrected chi connectivity index (χ4v) is 2.70. The number of nitriles is 1. The molecule has 2 N–H and O–H groups in total. The van der Waals surface area contributed by atoms with E-state index in [9.17, 15) is 0 Å². The molecule has 1 aliphatic heterocycles. The molecule has 1 unspecified atom stereocenters. The molecule has 1 aromatic heterocycles. The Morgan fingerprint density at radius 3 is 2.65 bits per heavy atom. The van der Waals surface area contributed by atoms with Crippen LogP contribution >= 0.6 is 0 Å². The summed E-state index contributed by atoms with van der Waals surface area (Å²) in [7, 11) is 2.15. The van der Waals surface area contributed by atoms with Crippen molar-refractivity contribution in [3.8, 4) is 6.07 Å². The number of nitrogens with zero attached hydrogens (tertiary/aromatic N) is 3. The van der Waals surface area contributed by atoms with E-state index in [0.29, 0.717) is 17.3 Å². The number of aromatic nitrogens is 1. The molecule has 2 rings (SSSR count). The number of anilines is 1. The van der Waals surface area contributed by atoms with E-state index in [2.05, 4.69) is 22.6 Å². The number of rotatable bonds is 2. The SMILES string of the molecule is Cc1c(C#N)c(N)n(CC2CCN(C)C2)c1C. The molecule has 0 radical (unpaired) electrons. The minimum atomic E-state index is 0.636. The van der Waals surface area contributed by atoms with Crippen molar-refractivity contribution < 1.29 is 0 Å². The second-order valence-electron chi connectivity index (χ2n) is 5.11. The monoisotopic (exact) mass is 232 g/mol. The Hall–Kier alpha value is -1.47. The molecule has 1 fully saturated rings. The van der Waals surface area contributed by atoms with E-state index in [0.717, 1.165) is 30.9 Å². The van der Waals surface area contributed by atoms with E-state index in [-0.39, 0.29) is 0 Å². The molecule has 92 valence electrons. The first-order valence-electron chi connectivity index (χ1n) is 6.08. The van der Waals surface area contributed by atoms with Crippen LogP contribution in [0, 0.1) is 31.1 Å². The van der Waals surface area contributed by atoms with Gasteiger partial charge in [-0.05, 0) is 45.3 Å². The number of hydrogen-bond donors (Lipinski definition) is 1. The first kappa shape index (κ1) is 12.0. The molecule has 1 aliphatic rings. The van der Waals surface area contributed by atoms with E-state index in [1.807, 2.05) is 13.8 Å². The second-order valence-corrected chi connectivity index (χ2v) is 5.11. The Morgan fingerprint density at radius 2 is 2.18 bits per heavy atom. The maximum absolute atomic E-state index is 9.09. The number of nitrogen functional groups attached to an aromatic ring is 1. The molecular weight excluding hydrogens is 212 g/mol. The van der Waals surface area contributed by atoms with Gasteiger partial charge in [-0.2, -0.15) is 5.26 Å². The van der Waals surface area contributed by atoms with Crippen LogP contribution < -0.4 is 5.73 Å². The van der Waals surface area contributed by atoms with Crippen LogP contribution in [-0.2, 0) is 6.54 Å². The summed E-state index contributed by atoms with van der Waals surface area (Å²) in [5, 5.41) is 9.09. The quantitative estimate of drug-likeness (QED) is 0.841. The van der Waals surface area contributed by atoms with Crippen LogP contribution in [0.25, 0.3) is 0 Å². The Kier molecular flexibility index (Phi) is 3.12. The molecule has 2 heterocycles. The topological polar surface area (TPSA) is 58.0 Å². The van der Waals surface area contributed by atoms with Crippen molar-refractivity contribution in [3.05, 3.63) is 16.8 Å². The third-order valence-corrected chi connectivity index (χ3v) is 3.91. The largest absolute Gasteiger partial charge is 0.384 e. The highest BCUT2D eigenvalue weighted by Gasteiger charge is 2.23. The van der Waals surface area contributed by atoms with Crippen molar-refractivity contribution in [2.75, 3.05) is 25.9 Å². The zero-order valence-corrected chi connectivity index (χ0v) is 10.8. The first-order valence-corrected chi connectivity index (χ1v) is 6.08. The summed E-state index contributed by atoms with van der Waals surface area (Å²) in [4.78, 5) is 2.34. The Bertz CT molecular complexity index is 467. The highest BCUT2D eigenvalue weighted by molar-refractivity contribution is 5.57. The Morgan fingerprint density at radius 1 is 1.47 bits per heavy atom. The molecule has 4 heteroatoms. The van der Waals surface area contributed by atoms with Gasteiger partial charge in [0.25, 0.3) is 0 Å². The van der Waals surface area contributed by atoms with Crippen molar-refractivity contribution in [2.24, 2.45) is 5.92 Å². The van der Waals surface area contributed by atoms with Gasteiger partial charge in [0, 0.05) is 18.8 Å². The molecule has 4 nitrogen and oxygen atoms in total. The molecule has 0 saturated carbocycles. The molecule has 0 aromatic carbocycles. The lowest BCUT2D eigenvalue weighted by molar-refractivity contribution is 0.378. The first-order chi connectivity index (χ1) is 8.04. The molecule has 0 spiro atoms. The van der Waals surface area contributed by atoms with E-state index >= 15 is 0 Å². The van der Waals surface area contributed by atoms with Crippen LogP contribution in [0.1, 0.15) is 23.2 Å². The van der Waals surface area contributed by atoms with Gasteiger partial charge in [0.2, 0.25) is 0 Å². The van der Waals surface area contributed by atoms with Gasteiger partial charge in [-0.3, -0.25) is 0 Å². The van der Waals surface area contributed by atoms with Gasteiger partial charge in [-0.15, -0.1) is 0 Å². The fraction of sp³-hybridized carbons (Fsp3) is 0.615. The minimum absolute atomic E-state index is 0.636. The smallest absolute Gasteiger partial charge is 0.122 e. The van der Waals surface area contributed by atoms with Crippen LogP contribution in [0.2, 0.25) is 0 Å². The number of hydrogen-bond acceptors (Lipinski definition) is 3. The third kappa shape index (κ3) is 2.03. The van der Waals surface area contributed by atoms with Gasteiger partial charge in [0.15, 0.2) is 0 Å². The Balaban J connectivity index is 2.25. The van der Waals surface area contributed by atoms with Gasteiger partial charge in [-0.25, -0.2) is 0 Å². The van der Waals surface area contributed by atoms with Gasteiger partial charge >= 0.3 is 0 Å². The molecule has 1 saturated heterocycles. The Labute approximate surface area is 103 Å². The van der Waals surface area contributed by atoms with Gasteiger partial charge in [0.1, 0.15) is 11.9 Å². The summed E-state index contributed by atoms with van der Waals surface area (Å²) >= 11 is 0. The highest BCUT2D eigenvalue weighted by atomic mass is 15.1. The van der Waals surface area contributed by atoms with Crippen LogP contribution in [0.3, 0.4) is 0 Å². The predicted octanol–water partition coefficient (Wildman–Crippen LogP) is 1.51. The maximum Gasteiger partial charge on any atom is 0.122 e. The molecule has 0 aliphatic carbocycles.